The first-order chi connectivity index (χ1) is 12.8. The maximum Gasteiger partial charge on any atom is 0.134 e. The van der Waals surface area contributed by atoms with Crippen LogP contribution >= 0.6 is 0 Å². The Labute approximate surface area is 152 Å². The van der Waals surface area contributed by atoms with E-state index in [0.29, 0.717) is 0 Å². The van der Waals surface area contributed by atoms with E-state index in [1.54, 1.807) is 21.3 Å². The van der Waals surface area contributed by atoms with Gasteiger partial charge in [0.2, 0.25) is 0 Å². The van der Waals surface area contributed by atoms with Crippen LogP contribution in [-0.4, -0.2) is 21.3 Å². The Hall–Kier alpha value is -3.20. The first kappa shape index (κ1) is 16.3. The molecule has 3 nitrogen and oxygen atoms in total. The molecule has 4 aromatic rings. The molecule has 0 aliphatic carbocycles. The monoisotopic (exact) mass is 344 g/mol. The number of benzene rings is 4. The summed E-state index contributed by atoms with van der Waals surface area (Å²) in [5, 5.41) is 4.33. The van der Waals surface area contributed by atoms with Gasteiger partial charge in [0, 0.05) is 21.9 Å². The molecular weight excluding hydrogens is 324 g/mol. The molecule has 0 N–H and O–H groups in total. The van der Waals surface area contributed by atoms with E-state index in [-0.39, 0.29) is 0 Å². The standard InChI is InChI=1S/C23H20O3/c1-24-21-13-16-9-5-4-8-15(16)12-19(21)20-14-22(25-2)17-10-6-7-11-18(17)23(20)26-3/h4-14H,1-3H3. The topological polar surface area (TPSA) is 27.7 Å². The second-order valence-corrected chi connectivity index (χ2v) is 6.10. The fourth-order valence-electron chi connectivity index (χ4n) is 3.50. The highest BCUT2D eigenvalue weighted by Gasteiger charge is 2.18. The summed E-state index contributed by atoms with van der Waals surface area (Å²) in [5.41, 5.74) is 1.93. The van der Waals surface area contributed by atoms with Gasteiger partial charge in [-0.2, -0.15) is 0 Å². The number of ether oxygens (including phenoxy) is 3. The SMILES string of the molecule is COc1cc2ccccc2cc1-c1cc(OC)c2ccccc2c1OC. The van der Waals surface area contributed by atoms with Crippen molar-refractivity contribution >= 4 is 21.5 Å². The molecule has 4 aromatic carbocycles. The highest BCUT2D eigenvalue weighted by atomic mass is 16.5. The van der Waals surface area contributed by atoms with Crippen molar-refractivity contribution in [3.63, 3.8) is 0 Å². The van der Waals surface area contributed by atoms with Crippen molar-refractivity contribution in [2.75, 3.05) is 21.3 Å². The lowest BCUT2D eigenvalue weighted by molar-refractivity contribution is 0.408. The first-order valence-corrected chi connectivity index (χ1v) is 8.47. The highest BCUT2D eigenvalue weighted by molar-refractivity contribution is 6.01. The van der Waals surface area contributed by atoms with Gasteiger partial charge in [0.15, 0.2) is 0 Å². The van der Waals surface area contributed by atoms with Gasteiger partial charge in [-0.05, 0) is 29.0 Å². The second kappa shape index (κ2) is 6.60. The van der Waals surface area contributed by atoms with Gasteiger partial charge in [-0.1, -0.05) is 48.5 Å². The molecule has 0 aliphatic heterocycles. The number of hydrogen-bond donors (Lipinski definition) is 0. The fraction of sp³-hybridized carbons (Fsp3) is 0.130. The maximum atomic E-state index is 5.81. The number of methoxy groups -OCH3 is 3. The molecule has 0 aromatic heterocycles. The summed E-state index contributed by atoms with van der Waals surface area (Å²) in [5.74, 6) is 2.43. The molecule has 0 saturated carbocycles. The molecule has 3 heteroatoms. The lowest BCUT2D eigenvalue weighted by Crippen LogP contribution is -1.95. The second-order valence-electron chi connectivity index (χ2n) is 6.10. The van der Waals surface area contributed by atoms with Gasteiger partial charge in [-0.3, -0.25) is 0 Å². The van der Waals surface area contributed by atoms with Gasteiger partial charge in [-0.15, -0.1) is 0 Å². The van der Waals surface area contributed by atoms with E-state index >= 15 is 0 Å². The smallest absolute Gasteiger partial charge is 0.134 e. The molecule has 0 heterocycles. The minimum absolute atomic E-state index is 0.805. The summed E-state index contributed by atoms with van der Waals surface area (Å²) in [4.78, 5) is 0. The Morgan fingerprint density at radius 2 is 1.15 bits per heavy atom. The molecular formula is C23H20O3. The summed E-state index contributed by atoms with van der Waals surface area (Å²) in [6, 6.07) is 22.6. The van der Waals surface area contributed by atoms with Gasteiger partial charge < -0.3 is 14.2 Å². The van der Waals surface area contributed by atoms with Crippen molar-refractivity contribution in [1.82, 2.24) is 0 Å². The third-order valence-corrected chi connectivity index (χ3v) is 4.74. The number of fused-ring (bicyclic) bond motifs is 2. The van der Waals surface area contributed by atoms with Crippen LogP contribution in [0.25, 0.3) is 32.7 Å². The minimum atomic E-state index is 0.805. The summed E-state index contributed by atoms with van der Waals surface area (Å²) in [7, 11) is 5.08. The van der Waals surface area contributed by atoms with Crippen molar-refractivity contribution in [1.29, 1.82) is 0 Å². The van der Waals surface area contributed by atoms with E-state index in [1.165, 1.54) is 0 Å². The van der Waals surface area contributed by atoms with Crippen LogP contribution in [0.3, 0.4) is 0 Å². The van der Waals surface area contributed by atoms with Crippen LogP contribution in [0.1, 0.15) is 0 Å². The van der Waals surface area contributed by atoms with E-state index in [2.05, 4.69) is 24.3 Å². The van der Waals surface area contributed by atoms with E-state index in [4.69, 9.17) is 14.2 Å². The van der Waals surface area contributed by atoms with E-state index < -0.39 is 0 Å². The fourth-order valence-corrected chi connectivity index (χ4v) is 3.50. The molecule has 0 amide bonds. The van der Waals surface area contributed by atoms with Gasteiger partial charge >= 0.3 is 0 Å². The minimum Gasteiger partial charge on any atom is -0.496 e. The van der Waals surface area contributed by atoms with Gasteiger partial charge in [0.25, 0.3) is 0 Å². The zero-order chi connectivity index (χ0) is 18.1. The highest BCUT2D eigenvalue weighted by Crippen LogP contribution is 2.45. The average Bonchev–Trinajstić information content (AvgIpc) is 2.71. The number of hydrogen-bond acceptors (Lipinski definition) is 3. The van der Waals surface area contributed by atoms with Crippen molar-refractivity contribution in [3.8, 4) is 28.4 Å². The first-order valence-electron chi connectivity index (χ1n) is 8.47. The van der Waals surface area contributed by atoms with Crippen LogP contribution in [-0.2, 0) is 0 Å². The molecule has 26 heavy (non-hydrogen) atoms. The van der Waals surface area contributed by atoms with Crippen LogP contribution < -0.4 is 14.2 Å². The summed E-state index contributed by atoms with van der Waals surface area (Å²) in [6.07, 6.45) is 0. The Morgan fingerprint density at radius 1 is 0.538 bits per heavy atom. The normalized spacial score (nSPS) is 10.9. The zero-order valence-corrected chi connectivity index (χ0v) is 15.1. The Bertz CT molecular complexity index is 1100. The van der Waals surface area contributed by atoms with Crippen molar-refractivity contribution in [2.45, 2.75) is 0 Å². The number of rotatable bonds is 4. The molecule has 0 saturated heterocycles. The molecule has 0 radical (unpaired) electrons. The van der Waals surface area contributed by atoms with Crippen LogP contribution in [0.5, 0.6) is 17.2 Å². The lowest BCUT2D eigenvalue weighted by Gasteiger charge is -2.17. The van der Waals surface area contributed by atoms with Gasteiger partial charge in [0.05, 0.1) is 21.3 Å². The average molecular weight is 344 g/mol. The van der Waals surface area contributed by atoms with Crippen molar-refractivity contribution in [3.05, 3.63) is 66.7 Å². The van der Waals surface area contributed by atoms with E-state index in [9.17, 15) is 0 Å². The van der Waals surface area contributed by atoms with Crippen LogP contribution in [0, 0.1) is 0 Å². The largest absolute Gasteiger partial charge is 0.496 e. The molecule has 0 fully saturated rings. The summed E-state index contributed by atoms with van der Waals surface area (Å²) >= 11 is 0. The van der Waals surface area contributed by atoms with Crippen molar-refractivity contribution in [2.24, 2.45) is 0 Å². The van der Waals surface area contributed by atoms with E-state index in [1.807, 2.05) is 42.5 Å². The lowest BCUT2D eigenvalue weighted by atomic mass is 9.95. The molecule has 0 atom stereocenters. The van der Waals surface area contributed by atoms with Crippen LogP contribution in [0.4, 0.5) is 0 Å². The predicted octanol–water partition coefficient (Wildman–Crippen LogP) is 5.69. The van der Waals surface area contributed by atoms with Gasteiger partial charge in [-0.25, -0.2) is 0 Å². The van der Waals surface area contributed by atoms with E-state index in [0.717, 1.165) is 49.9 Å². The predicted molar refractivity (Wildman–Crippen MR) is 107 cm³/mol. The van der Waals surface area contributed by atoms with Crippen molar-refractivity contribution < 1.29 is 14.2 Å². The maximum absolute atomic E-state index is 5.81. The molecule has 0 spiro atoms. The van der Waals surface area contributed by atoms with Crippen LogP contribution in [0.15, 0.2) is 66.7 Å². The molecule has 0 bridgehead atoms. The summed E-state index contributed by atoms with van der Waals surface area (Å²) < 4.78 is 17.2. The van der Waals surface area contributed by atoms with Gasteiger partial charge in [0.1, 0.15) is 17.2 Å². The quantitative estimate of drug-likeness (QED) is 0.476. The molecule has 4 rings (SSSR count). The summed E-state index contributed by atoms with van der Waals surface area (Å²) in [6.45, 7) is 0. The Kier molecular flexibility index (Phi) is 4.13. The third kappa shape index (κ3) is 2.53. The Morgan fingerprint density at radius 3 is 1.81 bits per heavy atom. The molecule has 0 unspecified atom stereocenters. The zero-order valence-electron chi connectivity index (χ0n) is 15.1. The third-order valence-electron chi connectivity index (χ3n) is 4.74. The van der Waals surface area contributed by atoms with Crippen LogP contribution in [0.2, 0.25) is 0 Å². The molecule has 130 valence electrons. The molecule has 0 aliphatic rings. The Balaban J connectivity index is 2.09.